The molecule has 0 aromatic heterocycles. The summed E-state index contributed by atoms with van der Waals surface area (Å²) in [6, 6.07) is 0. The van der Waals surface area contributed by atoms with E-state index >= 15 is 0 Å². The standard InChI is InChI=1S/C94H184O17P2/c1-5-9-13-17-21-25-29-33-36-39-42-44-47-49-52-55-59-63-67-71-75-79-92(97)105-85-90(111-94(99)81-77-73-69-65-61-57-54-51-48-45-43-40-37-34-30-26-22-18-14-10-6-2)87-109-113(102,103)107-83-88(95)82-106-112(100,101)108-86-89(84-104-91(96)78-74-70-66-62-58-32-28-24-20-16-12-8-4)110-93(98)80-76-72-68-64-60-56-53-50-46-41-38-35-31-27-23-19-15-11-7-3/h88-90,95H,5-87H2,1-4H3,(H,100,101)(H,102,103)/t88-,89+,90+/m0/s1. The molecule has 0 spiro atoms. The number of carbonyl (C=O) groups excluding carboxylic acids is 4. The van der Waals surface area contributed by atoms with Gasteiger partial charge in [0.05, 0.1) is 26.4 Å². The van der Waals surface area contributed by atoms with Crippen LogP contribution in [0.4, 0.5) is 0 Å². The van der Waals surface area contributed by atoms with Crippen molar-refractivity contribution in [1.29, 1.82) is 0 Å². The van der Waals surface area contributed by atoms with E-state index < -0.39 is 97.5 Å². The van der Waals surface area contributed by atoms with Crippen molar-refractivity contribution in [2.75, 3.05) is 39.6 Å². The summed E-state index contributed by atoms with van der Waals surface area (Å²) < 4.78 is 69.2. The minimum atomic E-state index is -4.97. The zero-order chi connectivity index (χ0) is 82.4. The molecule has 0 radical (unpaired) electrons. The maximum absolute atomic E-state index is 13.2. The van der Waals surface area contributed by atoms with Crippen molar-refractivity contribution >= 4 is 39.5 Å². The fraction of sp³-hybridized carbons (Fsp3) is 0.957. The molecule has 2 unspecified atom stereocenters. The first-order chi connectivity index (χ1) is 55.2. The number of aliphatic hydroxyl groups excluding tert-OH is 1. The number of aliphatic hydroxyl groups is 1. The lowest BCUT2D eigenvalue weighted by atomic mass is 10.0. The van der Waals surface area contributed by atoms with E-state index in [2.05, 4.69) is 27.7 Å². The summed E-state index contributed by atoms with van der Waals surface area (Å²) in [5, 5.41) is 10.7. The Labute approximate surface area is 696 Å². The van der Waals surface area contributed by atoms with Gasteiger partial charge in [-0.05, 0) is 25.7 Å². The van der Waals surface area contributed by atoms with Crippen LogP contribution in [0.5, 0.6) is 0 Å². The molecule has 0 heterocycles. The van der Waals surface area contributed by atoms with Crippen LogP contribution in [0, 0.1) is 0 Å². The second-order valence-corrected chi connectivity index (χ2v) is 36.7. The summed E-state index contributed by atoms with van der Waals surface area (Å²) in [6.45, 7) is 5.10. The second-order valence-electron chi connectivity index (χ2n) is 33.8. The van der Waals surface area contributed by atoms with Gasteiger partial charge in [0, 0.05) is 25.7 Å². The Bertz CT molecular complexity index is 2120. The quantitative estimate of drug-likeness (QED) is 0.0222. The molecule has 0 saturated heterocycles. The molecule has 0 aliphatic heterocycles. The van der Waals surface area contributed by atoms with Gasteiger partial charge in [0.1, 0.15) is 19.3 Å². The summed E-state index contributed by atoms with van der Waals surface area (Å²) in [6.07, 6.45) is 86.3. The molecule has 672 valence electrons. The topological polar surface area (TPSA) is 237 Å². The highest BCUT2D eigenvalue weighted by Crippen LogP contribution is 2.45. The van der Waals surface area contributed by atoms with Gasteiger partial charge >= 0.3 is 39.5 Å². The van der Waals surface area contributed by atoms with E-state index in [-0.39, 0.29) is 25.7 Å². The third-order valence-corrected chi connectivity index (χ3v) is 24.3. The highest BCUT2D eigenvalue weighted by Gasteiger charge is 2.31. The molecule has 0 aromatic rings. The molecule has 0 amide bonds. The molecular weight excluding hydrogens is 1460 g/mol. The monoisotopic (exact) mass is 1650 g/mol. The minimum absolute atomic E-state index is 0.110. The van der Waals surface area contributed by atoms with E-state index in [4.69, 9.17) is 37.0 Å². The highest BCUT2D eigenvalue weighted by atomic mass is 31.2. The van der Waals surface area contributed by atoms with Crippen LogP contribution in [0.1, 0.15) is 522 Å². The molecule has 5 atom stereocenters. The van der Waals surface area contributed by atoms with Gasteiger partial charge in [-0.25, -0.2) is 9.13 Å². The zero-order valence-electron chi connectivity index (χ0n) is 74.4. The molecule has 17 nitrogen and oxygen atoms in total. The van der Waals surface area contributed by atoms with Crippen LogP contribution in [0.2, 0.25) is 0 Å². The first-order valence-electron chi connectivity index (χ1n) is 48.8. The summed E-state index contributed by atoms with van der Waals surface area (Å²) in [5.74, 6) is -2.09. The first-order valence-corrected chi connectivity index (χ1v) is 51.8. The number of phosphoric ester groups is 2. The molecule has 0 saturated carbocycles. The van der Waals surface area contributed by atoms with Gasteiger partial charge < -0.3 is 33.8 Å². The van der Waals surface area contributed by atoms with E-state index in [1.807, 2.05) is 0 Å². The van der Waals surface area contributed by atoms with Gasteiger partial charge in [-0.3, -0.25) is 37.3 Å². The fourth-order valence-electron chi connectivity index (χ4n) is 14.9. The third-order valence-electron chi connectivity index (χ3n) is 22.4. The predicted octanol–water partition coefficient (Wildman–Crippen LogP) is 29.6. The average Bonchev–Trinajstić information content (AvgIpc) is 0.907. The average molecular weight is 1650 g/mol. The van der Waals surface area contributed by atoms with Gasteiger partial charge in [0.2, 0.25) is 0 Å². The molecule has 113 heavy (non-hydrogen) atoms. The molecule has 0 rings (SSSR count). The lowest BCUT2D eigenvalue weighted by molar-refractivity contribution is -0.161. The van der Waals surface area contributed by atoms with Crippen LogP contribution in [0.25, 0.3) is 0 Å². The normalized spacial score (nSPS) is 13.6. The van der Waals surface area contributed by atoms with E-state index in [0.29, 0.717) is 25.7 Å². The first kappa shape index (κ1) is 111. The number of hydrogen-bond acceptors (Lipinski definition) is 15. The number of hydrogen-bond donors (Lipinski definition) is 3. The van der Waals surface area contributed by atoms with Crippen molar-refractivity contribution in [1.82, 2.24) is 0 Å². The fourth-order valence-corrected chi connectivity index (χ4v) is 16.5. The molecule has 19 heteroatoms. The van der Waals surface area contributed by atoms with Crippen molar-refractivity contribution in [3.05, 3.63) is 0 Å². The maximum atomic E-state index is 13.2. The molecular formula is C94H184O17P2. The smallest absolute Gasteiger partial charge is 0.462 e. The Morgan fingerprint density at radius 3 is 0.522 bits per heavy atom. The molecule has 0 bridgehead atoms. The molecule has 0 aliphatic carbocycles. The molecule has 0 fully saturated rings. The number of phosphoric acid groups is 2. The van der Waals surface area contributed by atoms with E-state index in [0.717, 1.165) is 89.9 Å². The van der Waals surface area contributed by atoms with Gasteiger partial charge in [-0.1, -0.05) is 471 Å². The van der Waals surface area contributed by atoms with Crippen LogP contribution >= 0.6 is 15.6 Å². The largest absolute Gasteiger partial charge is 0.472 e. The van der Waals surface area contributed by atoms with Crippen LogP contribution < -0.4 is 0 Å². The summed E-state index contributed by atoms with van der Waals surface area (Å²) in [4.78, 5) is 73.5. The SMILES string of the molecule is CCCCCCCCCCCCCCCCCCCCCCCC(=O)OC[C@H](COP(=O)(O)OC[C@@H](O)COP(=O)(O)OC[C@@H](COC(=O)CCCCCCCCCCCCCC)OC(=O)CCCCCCCCCCCCCCCCCCCCC)OC(=O)CCCCCCCCCCCCCCCCCCCCCCC. The highest BCUT2D eigenvalue weighted by molar-refractivity contribution is 7.47. The Hall–Kier alpha value is -1.94. The van der Waals surface area contributed by atoms with Crippen LogP contribution in [-0.2, 0) is 65.4 Å². The Morgan fingerprint density at radius 1 is 0.212 bits per heavy atom. The van der Waals surface area contributed by atoms with Crippen LogP contribution in [0.15, 0.2) is 0 Å². The van der Waals surface area contributed by atoms with Gasteiger partial charge in [0.25, 0.3) is 0 Å². The van der Waals surface area contributed by atoms with Crippen molar-refractivity contribution < 1.29 is 80.2 Å². The number of carbonyl (C=O) groups is 4. The number of rotatable bonds is 95. The zero-order valence-corrected chi connectivity index (χ0v) is 76.2. The maximum Gasteiger partial charge on any atom is 0.472 e. The molecule has 0 aliphatic rings. The summed E-state index contributed by atoms with van der Waals surface area (Å²) >= 11 is 0. The summed E-state index contributed by atoms with van der Waals surface area (Å²) in [7, 11) is -9.94. The summed E-state index contributed by atoms with van der Waals surface area (Å²) in [5.41, 5.74) is 0. The van der Waals surface area contributed by atoms with E-state index in [1.54, 1.807) is 0 Å². The van der Waals surface area contributed by atoms with Gasteiger partial charge in [-0.2, -0.15) is 0 Å². The minimum Gasteiger partial charge on any atom is -0.462 e. The number of esters is 4. The third kappa shape index (κ3) is 87.7. The van der Waals surface area contributed by atoms with Crippen molar-refractivity contribution in [3.63, 3.8) is 0 Å². The van der Waals surface area contributed by atoms with Crippen LogP contribution in [-0.4, -0.2) is 96.7 Å². The van der Waals surface area contributed by atoms with E-state index in [9.17, 15) is 43.2 Å². The Kier molecular flexibility index (Phi) is 86.4. The van der Waals surface area contributed by atoms with Gasteiger partial charge in [0.15, 0.2) is 12.2 Å². The number of ether oxygens (including phenoxy) is 4. The van der Waals surface area contributed by atoms with Crippen molar-refractivity contribution in [2.24, 2.45) is 0 Å². The lowest BCUT2D eigenvalue weighted by Crippen LogP contribution is -2.30. The lowest BCUT2D eigenvalue weighted by Gasteiger charge is -2.21. The predicted molar refractivity (Wildman–Crippen MR) is 469 cm³/mol. The Morgan fingerprint density at radius 2 is 0.354 bits per heavy atom. The number of unbranched alkanes of at least 4 members (excludes halogenated alkanes) is 69. The van der Waals surface area contributed by atoms with Crippen molar-refractivity contribution in [2.45, 2.75) is 540 Å². The Balaban J connectivity index is 5.23. The van der Waals surface area contributed by atoms with Gasteiger partial charge in [-0.15, -0.1) is 0 Å². The van der Waals surface area contributed by atoms with Crippen molar-refractivity contribution in [3.8, 4) is 0 Å². The second kappa shape index (κ2) is 87.9. The molecule has 3 N–H and O–H groups in total. The van der Waals surface area contributed by atoms with E-state index in [1.165, 1.54) is 353 Å². The van der Waals surface area contributed by atoms with Crippen LogP contribution in [0.3, 0.4) is 0 Å². The molecule has 0 aromatic carbocycles.